The Bertz CT molecular complexity index is 741. The summed E-state index contributed by atoms with van der Waals surface area (Å²) in [6.45, 7) is 3.76. The minimum Gasteiger partial charge on any atom is -0.490 e. The number of nitrogens with zero attached hydrogens (tertiary/aromatic N) is 1. The van der Waals surface area contributed by atoms with Gasteiger partial charge in [0.2, 0.25) is 0 Å². The zero-order chi connectivity index (χ0) is 16.7. The van der Waals surface area contributed by atoms with Gasteiger partial charge in [-0.2, -0.15) is 0 Å². The number of hydrogen-bond donors (Lipinski definition) is 1. The number of ether oxygens (including phenoxy) is 2. The molecule has 5 unspecified atom stereocenters. The molecule has 128 valence electrons. The lowest BCUT2D eigenvalue weighted by Crippen LogP contribution is -2.70. The standard InChI is InChI=1S/C20H26NO3/c1-4-23-16-8-5-12-11-14-13-6-7-15(22)19-20(13,9-10-21(14,2)3)17(12)18(16)24-19/h5-8,13-15,19,22H,4,9-11H2,1-3H3/q+1. The molecule has 1 spiro atoms. The number of quaternary nitrogens is 1. The average molecular weight is 328 g/mol. The van der Waals surface area contributed by atoms with Crippen LogP contribution < -0.4 is 9.47 Å². The third-order valence-electron chi connectivity index (χ3n) is 6.99. The molecule has 4 nitrogen and oxygen atoms in total. The van der Waals surface area contributed by atoms with Crippen LogP contribution in [0.25, 0.3) is 0 Å². The number of aliphatic hydroxyl groups is 1. The summed E-state index contributed by atoms with van der Waals surface area (Å²) in [6, 6.07) is 4.84. The van der Waals surface area contributed by atoms with Crippen molar-refractivity contribution >= 4 is 0 Å². The predicted molar refractivity (Wildman–Crippen MR) is 91.4 cm³/mol. The van der Waals surface area contributed by atoms with Crippen molar-refractivity contribution in [3.8, 4) is 11.5 Å². The van der Waals surface area contributed by atoms with Crippen LogP contribution >= 0.6 is 0 Å². The normalized spacial score (nSPS) is 40.0. The van der Waals surface area contributed by atoms with E-state index in [0.717, 1.165) is 35.4 Å². The van der Waals surface area contributed by atoms with Crippen LogP contribution in [-0.4, -0.2) is 55.1 Å². The lowest BCUT2D eigenvalue weighted by Gasteiger charge is -2.58. The van der Waals surface area contributed by atoms with E-state index in [-0.39, 0.29) is 11.5 Å². The quantitative estimate of drug-likeness (QED) is 0.667. The average Bonchev–Trinajstić information content (AvgIpc) is 2.91. The van der Waals surface area contributed by atoms with Crippen molar-refractivity contribution in [2.24, 2.45) is 5.92 Å². The third-order valence-corrected chi connectivity index (χ3v) is 6.99. The fraction of sp³-hybridized carbons (Fsp3) is 0.600. The first-order valence-corrected chi connectivity index (χ1v) is 9.14. The SMILES string of the molecule is CCOc1ccc2c3c1OC1C(O)C=CC4C(C2)[N+](C)(C)CCC341. The molecule has 24 heavy (non-hydrogen) atoms. The molecule has 0 saturated carbocycles. The van der Waals surface area contributed by atoms with Gasteiger partial charge in [0, 0.05) is 24.3 Å². The molecule has 1 aromatic carbocycles. The summed E-state index contributed by atoms with van der Waals surface area (Å²) in [5.74, 6) is 2.17. The van der Waals surface area contributed by atoms with E-state index >= 15 is 0 Å². The molecule has 1 fully saturated rings. The van der Waals surface area contributed by atoms with Crippen LogP contribution in [0.1, 0.15) is 24.5 Å². The second-order valence-corrected chi connectivity index (χ2v) is 8.36. The van der Waals surface area contributed by atoms with Crippen LogP contribution in [0.4, 0.5) is 0 Å². The topological polar surface area (TPSA) is 38.7 Å². The molecular formula is C20H26NO3+. The van der Waals surface area contributed by atoms with Gasteiger partial charge in [-0.3, -0.25) is 0 Å². The zero-order valence-corrected chi connectivity index (χ0v) is 14.7. The van der Waals surface area contributed by atoms with Crippen molar-refractivity contribution in [1.29, 1.82) is 0 Å². The van der Waals surface area contributed by atoms with Gasteiger partial charge in [-0.1, -0.05) is 18.2 Å². The van der Waals surface area contributed by atoms with Gasteiger partial charge in [0.05, 0.1) is 32.7 Å². The molecular weight excluding hydrogens is 302 g/mol. The number of piperidine rings is 1. The molecule has 4 heteroatoms. The zero-order valence-electron chi connectivity index (χ0n) is 14.7. The van der Waals surface area contributed by atoms with Gasteiger partial charge < -0.3 is 19.1 Å². The highest BCUT2D eigenvalue weighted by Gasteiger charge is 2.67. The molecule has 2 aliphatic heterocycles. The Hall–Kier alpha value is -1.52. The molecule has 2 heterocycles. The number of benzene rings is 1. The van der Waals surface area contributed by atoms with Crippen LogP contribution in [0.3, 0.4) is 0 Å². The fourth-order valence-corrected chi connectivity index (χ4v) is 5.86. The molecule has 4 aliphatic rings. The Balaban J connectivity index is 1.78. The van der Waals surface area contributed by atoms with Crippen molar-refractivity contribution < 1.29 is 19.1 Å². The van der Waals surface area contributed by atoms with Gasteiger partial charge in [0.15, 0.2) is 11.5 Å². The van der Waals surface area contributed by atoms with Crippen molar-refractivity contribution in [1.82, 2.24) is 0 Å². The lowest BCUT2D eigenvalue weighted by atomic mass is 9.53. The summed E-state index contributed by atoms with van der Waals surface area (Å²) in [5, 5.41) is 10.7. The van der Waals surface area contributed by atoms with Crippen LogP contribution in [-0.2, 0) is 11.8 Å². The van der Waals surface area contributed by atoms with Crippen molar-refractivity contribution in [3.05, 3.63) is 35.4 Å². The van der Waals surface area contributed by atoms with Crippen LogP contribution in [0.2, 0.25) is 0 Å². The van der Waals surface area contributed by atoms with E-state index in [4.69, 9.17) is 9.47 Å². The Morgan fingerprint density at radius 3 is 2.96 bits per heavy atom. The molecule has 0 aromatic heterocycles. The fourth-order valence-electron chi connectivity index (χ4n) is 5.86. The number of rotatable bonds is 2. The Morgan fingerprint density at radius 2 is 2.17 bits per heavy atom. The first kappa shape index (κ1) is 14.8. The Kier molecular flexibility index (Phi) is 2.81. The highest BCUT2D eigenvalue weighted by Crippen LogP contribution is 2.63. The molecule has 5 atom stereocenters. The first-order valence-electron chi connectivity index (χ1n) is 9.14. The summed E-state index contributed by atoms with van der Waals surface area (Å²) in [6.07, 6.45) is 5.66. The van der Waals surface area contributed by atoms with Crippen LogP contribution in [0.5, 0.6) is 11.5 Å². The molecule has 1 aromatic rings. The lowest BCUT2D eigenvalue weighted by molar-refractivity contribution is -0.926. The largest absolute Gasteiger partial charge is 0.490 e. The summed E-state index contributed by atoms with van der Waals surface area (Å²) in [4.78, 5) is 0. The van der Waals surface area contributed by atoms with Crippen LogP contribution in [0.15, 0.2) is 24.3 Å². The summed E-state index contributed by atoms with van der Waals surface area (Å²) < 4.78 is 13.3. The second-order valence-electron chi connectivity index (χ2n) is 8.36. The summed E-state index contributed by atoms with van der Waals surface area (Å²) in [5.41, 5.74) is 2.65. The van der Waals surface area contributed by atoms with E-state index in [2.05, 4.69) is 32.3 Å². The number of likely N-dealkylation sites (tertiary alicyclic amines) is 1. The maximum atomic E-state index is 10.7. The van der Waals surface area contributed by atoms with E-state index in [1.807, 2.05) is 13.0 Å². The second kappa shape index (κ2) is 4.55. The van der Waals surface area contributed by atoms with Gasteiger partial charge in [0.25, 0.3) is 0 Å². The molecule has 2 aliphatic carbocycles. The molecule has 0 amide bonds. The van der Waals surface area contributed by atoms with Crippen molar-refractivity contribution in [3.63, 3.8) is 0 Å². The molecule has 0 radical (unpaired) electrons. The van der Waals surface area contributed by atoms with E-state index in [9.17, 15) is 5.11 Å². The van der Waals surface area contributed by atoms with Crippen molar-refractivity contribution in [2.45, 2.75) is 43.4 Å². The molecule has 1 N–H and O–H groups in total. The van der Waals surface area contributed by atoms with E-state index < -0.39 is 6.10 Å². The predicted octanol–water partition coefficient (Wildman–Crippen LogP) is 2.04. The Morgan fingerprint density at radius 1 is 1.33 bits per heavy atom. The first-order chi connectivity index (χ1) is 11.5. The highest BCUT2D eigenvalue weighted by molar-refractivity contribution is 5.61. The number of aliphatic hydroxyl groups excluding tert-OH is 1. The maximum absolute atomic E-state index is 10.7. The van der Waals surface area contributed by atoms with Crippen LogP contribution in [0, 0.1) is 5.92 Å². The van der Waals surface area contributed by atoms with Gasteiger partial charge >= 0.3 is 0 Å². The van der Waals surface area contributed by atoms with E-state index in [0.29, 0.717) is 18.6 Å². The van der Waals surface area contributed by atoms with E-state index in [1.54, 1.807) is 0 Å². The van der Waals surface area contributed by atoms with Gasteiger partial charge in [0.1, 0.15) is 18.2 Å². The summed E-state index contributed by atoms with van der Waals surface area (Å²) in [7, 11) is 4.70. The number of hydrogen-bond acceptors (Lipinski definition) is 3. The smallest absolute Gasteiger partial charge is 0.166 e. The summed E-state index contributed by atoms with van der Waals surface area (Å²) >= 11 is 0. The van der Waals surface area contributed by atoms with E-state index in [1.165, 1.54) is 11.1 Å². The van der Waals surface area contributed by atoms with Gasteiger partial charge in [-0.05, 0) is 18.6 Å². The molecule has 2 bridgehead atoms. The monoisotopic (exact) mass is 328 g/mol. The van der Waals surface area contributed by atoms with Gasteiger partial charge in [-0.25, -0.2) is 0 Å². The Labute approximate surface area is 143 Å². The minimum atomic E-state index is -0.538. The van der Waals surface area contributed by atoms with Crippen molar-refractivity contribution in [2.75, 3.05) is 27.2 Å². The minimum absolute atomic E-state index is 0.0807. The highest BCUT2D eigenvalue weighted by atomic mass is 16.5. The number of likely N-dealkylation sites (N-methyl/N-ethyl adjacent to an activating group) is 1. The third kappa shape index (κ3) is 1.56. The van der Waals surface area contributed by atoms with Gasteiger partial charge in [-0.15, -0.1) is 0 Å². The maximum Gasteiger partial charge on any atom is 0.166 e. The molecule has 5 rings (SSSR count). The molecule has 1 saturated heterocycles.